The first kappa shape index (κ1) is 53.9. The molecule has 1 N–H and O–H groups in total. The van der Waals surface area contributed by atoms with Gasteiger partial charge >= 0.3 is 10.6 Å². The molecule has 1 atom stereocenters. The number of unbranched alkanes of at least 4 members (excludes halogenated alkanes) is 13. The predicted octanol–water partition coefficient (Wildman–Crippen LogP) is 11.2. The SMILES string of the molecule is CCCCCCCCCC(Br)N1C(=CC=CC2=[N+](CCCCCCCCCCBr)c3ccc4ccccc4c3C2(C)C)C(C)(C)c2c1ccc1c(S(=O)(=O)O)cccc21.O=S(=O)=O.[Br-]. The molecule has 0 saturated heterocycles. The van der Waals surface area contributed by atoms with E-state index in [1.165, 1.54) is 123 Å². The van der Waals surface area contributed by atoms with E-state index in [4.69, 9.17) is 12.6 Å². The van der Waals surface area contributed by atoms with Crippen LogP contribution >= 0.6 is 31.9 Å². The number of alkyl halides is 2. The van der Waals surface area contributed by atoms with Crippen molar-refractivity contribution in [3.05, 3.63) is 102 Å². The average Bonchev–Trinajstić information content (AvgIpc) is 3.60. The minimum absolute atomic E-state index is 0. The topological polar surface area (TPSA) is 112 Å². The number of hydrogen-bond donors (Lipinski definition) is 1. The lowest BCUT2D eigenvalue weighted by atomic mass is 9.79. The molecule has 2 heterocycles. The summed E-state index contributed by atoms with van der Waals surface area (Å²) >= 11 is 7.74. The van der Waals surface area contributed by atoms with E-state index >= 15 is 0 Å². The fourth-order valence-electron chi connectivity index (χ4n) is 9.88. The Hall–Kier alpha value is -2.68. The third-order valence-electron chi connectivity index (χ3n) is 12.9. The van der Waals surface area contributed by atoms with Crippen molar-refractivity contribution in [3.63, 3.8) is 0 Å². The second-order valence-electron chi connectivity index (χ2n) is 18.1. The first-order chi connectivity index (χ1) is 30.1. The number of fused-ring (bicyclic) bond motifs is 6. The maximum Gasteiger partial charge on any atom is 0.425 e. The summed E-state index contributed by atoms with van der Waals surface area (Å²) in [4.78, 5) is 2.46. The van der Waals surface area contributed by atoms with Crippen molar-refractivity contribution in [2.24, 2.45) is 0 Å². The Morgan fingerprint density at radius 2 is 1.31 bits per heavy atom. The highest BCUT2D eigenvalue weighted by atomic mass is 79.9. The third kappa shape index (κ3) is 13.1. The molecule has 0 spiro atoms. The highest BCUT2D eigenvalue weighted by Crippen LogP contribution is 2.53. The van der Waals surface area contributed by atoms with Gasteiger partial charge < -0.3 is 21.9 Å². The molecule has 350 valence electrons. The van der Waals surface area contributed by atoms with Crippen LogP contribution in [0.15, 0.2) is 95.6 Å². The molecular formula is C51H67Br3N2O6S2. The maximum atomic E-state index is 12.5. The van der Waals surface area contributed by atoms with Crippen LogP contribution in [-0.4, -0.2) is 52.7 Å². The molecule has 13 heteroatoms. The molecule has 0 aliphatic carbocycles. The van der Waals surface area contributed by atoms with Crippen LogP contribution in [0.4, 0.5) is 11.4 Å². The van der Waals surface area contributed by atoms with E-state index in [1.54, 1.807) is 6.07 Å². The van der Waals surface area contributed by atoms with Gasteiger partial charge in [-0.1, -0.05) is 178 Å². The average molecular weight is 1110 g/mol. The highest BCUT2D eigenvalue weighted by molar-refractivity contribution is 9.09. The van der Waals surface area contributed by atoms with Gasteiger partial charge in [-0.05, 0) is 79.1 Å². The lowest BCUT2D eigenvalue weighted by Gasteiger charge is -2.31. The first-order valence-electron chi connectivity index (χ1n) is 22.9. The van der Waals surface area contributed by atoms with Gasteiger partial charge in [0, 0.05) is 51.6 Å². The van der Waals surface area contributed by atoms with Crippen molar-refractivity contribution in [3.8, 4) is 0 Å². The van der Waals surface area contributed by atoms with Crippen LogP contribution < -0.4 is 21.9 Å². The van der Waals surface area contributed by atoms with Crippen molar-refractivity contribution in [1.29, 1.82) is 0 Å². The molecule has 0 radical (unpaired) electrons. The molecule has 0 amide bonds. The molecule has 0 fully saturated rings. The van der Waals surface area contributed by atoms with E-state index in [0.717, 1.165) is 47.8 Å². The molecule has 2 aliphatic heterocycles. The minimum atomic E-state index is -4.40. The zero-order valence-corrected chi connectivity index (χ0v) is 44.6. The Morgan fingerprint density at radius 1 is 0.719 bits per heavy atom. The van der Waals surface area contributed by atoms with Crippen LogP contribution in [0.2, 0.25) is 0 Å². The van der Waals surface area contributed by atoms with Gasteiger partial charge in [-0.3, -0.25) is 4.55 Å². The Balaban J connectivity index is 0.00000172. The summed E-state index contributed by atoms with van der Waals surface area (Å²) in [5.41, 5.74) is 6.72. The van der Waals surface area contributed by atoms with Crippen molar-refractivity contribution in [2.75, 3.05) is 16.8 Å². The van der Waals surface area contributed by atoms with Crippen molar-refractivity contribution >= 4 is 91.2 Å². The number of rotatable bonds is 22. The molecule has 64 heavy (non-hydrogen) atoms. The molecule has 6 rings (SSSR count). The molecular weight excluding hydrogens is 1040 g/mol. The van der Waals surface area contributed by atoms with Gasteiger partial charge in [0.1, 0.15) is 11.4 Å². The van der Waals surface area contributed by atoms with Crippen LogP contribution in [0.25, 0.3) is 21.5 Å². The summed E-state index contributed by atoms with van der Waals surface area (Å²) in [6.07, 6.45) is 26.9. The molecule has 8 nitrogen and oxygen atoms in total. The molecule has 4 aromatic rings. The number of anilines is 1. The zero-order chi connectivity index (χ0) is 45.8. The number of benzene rings is 4. The van der Waals surface area contributed by atoms with Crippen LogP contribution in [0.1, 0.15) is 148 Å². The van der Waals surface area contributed by atoms with E-state index in [2.05, 4.69) is 137 Å². The highest BCUT2D eigenvalue weighted by Gasteiger charge is 2.46. The molecule has 4 aromatic carbocycles. The van der Waals surface area contributed by atoms with Gasteiger partial charge in [-0.25, -0.2) is 0 Å². The molecule has 0 bridgehead atoms. The van der Waals surface area contributed by atoms with E-state index in [1.807, 2.05) is 12.1 Å². The summed E-state index contributed by atoms with van der Waals surface area (Å²) in [6, 6.07) is 22.6. The molecule has 0 saturated carbocycles. The zero-order valence-electron chi connectivity index (χ0n) is 38.2. The van der Waals surface area contributed by atoms with Gasteiger partial charge in [0.25, 0.3) is 10.1 Å². The molecule has 2 aliphatic rings. The van der Waals surface area contributed by atoms with Crippen molar-refractivity contribution < 1.29 is 47.2 Å². The Morgan fingerprint density at radius 3 is 1.95 bits per heavy atom. The van der Waals surface area contributed by atoms with E-state index < -0.39 is 26.1 Å². The van der Waals surface area contributed by atoms with Gasteiger partial charge in [0.2, 0.25) is 5.69 Å². The van der Waals surface area contributed by atoms with E-state index in [-0.39, 0.29) is 32.2 Å². The Bertz CT molecular complexity index is 2530. The predicted molar refractivity (Wildman–Crippen MR) is 269 cm³/mol. The fourth-order valence-corrected chi connectivity index (χ4v) is 11.7. The number of allylic oxidation sites excluding steroid dienone is 4. The number of nitrogens with zero attached hydrogens (tertiary/aromatic N) is 2. The smallest absolute Gasteiger partial charge is 0.425 e. The summed E-state index contributed by atoms with van der Waals surface area (Å²) in [5, 5.41) is 5.12. The minimum Gasteiger partial charge on any atom is -1.00 e. The monoisotopic (exact) mass is 1100 g/mol. The quantitative estimate of drug-likeness (QED) is 0.0274. The Labute approximate surface area is 411 Å². The summed E-state index contributed by atoms with van der Waals surface area (Å²) < 4.78 is 63.2. The van der Waals surface area contributed by atoms with Gasteiger partial charge in [0.15, 0.2) is 5.71 Å². The second-order valence-corrected chi connectivity index (χ2v) is 21.7. The van der Waals surface area contributed by atoms with Gasteiger partial charge in [0.05, 0.1) is 10.4 Å². The largest absolute Gasteiger partial charge is 1.00 e. The molecule has 0 aromatic heterocycles. The first-order valence-corrected chi connectivity index (χ1v) is 27.4. The summed E-state index contributed by atoms with van der Waals surface area (Å²) in [6.45, 7) is 12.5. The molecule has 1 unspecified atom stereocenters. The van der Waals surface area contributed by atoms with Crippen LogP contribution in [-0.2, 0) is 31.6 Å². The van der Waals surface area contributed by atoms with Crippen LogP contribution in [0.5, 0.6) is 0 Å². The maximum absolute atomic E-state index is 12.5. The normalized spacial score (nSPS) is 16.2. The van der Waals surface area contributed by atoms with Crippen LogP contribution in [0.3, 0.4) is 0 Å². The summed E-state index contributed by atoms with van der Waals surface area (Å²) in [5.74, 6) is 0. The lowest BCUT2D eigenvalue weighted by molar-refractivity contribution is -0.438. The Kier molecular flexibility index (Phi) is 21.0. The lowest BCUT2D eigenvalue weighted by Crippen LogP contribution is -3.00. The van der Waals surface area contributed by atoms with Crippen molar-refractivity contribution in [1.82, 2.24) is 0 Å². The standard InChI is InChI=1S/C51H66Br2N2O3S.BrH.O3S/c1-6-7-8-9-12-15-18-31-47(53)55-43-35-33-40-41(27-23-28-44(40)59(56,57)58)49(43)51(4,5)46(55)30-24-29-45-50(2,3)48-39-26-20-19-25-38(39)32-34-42(48)54(45)37-22-17-14-11-10-13-16-21-36-52;;1-4(2)3/h19-20,23-30,32-35,47H,6-18,21-22,31,36-37H2,1-5H3;1H;. The third-order valence-corrected chi connectivity index (χ3v) is 15.3. The second kappa shape index (κ2) is 24.9. The van der Waals surface area contributed by atoms with Crippen molar-refractivity contribution in [2.45, 2.75) is 158 Å². The number of halogens is 3. The van der Waals surface area contributed by atoms with Crippen LogP contribution in [0, 0.1) is 0 Å². The van der Waals surface area contributed by atoms with E-state index in [0.29, 0.717) is 5.39 Å². The summed E-state index contributed by atoms with van der Waals surface area (Å²) in [7, 11) is -7.51. The van der Waals surface area contributed by atoms with Gasteiger partial charge in [-0.2, -0.15) is 13.0 Å². The number of hydrogen-bond acceptors (Lipinski definition) is 6. The van der Waals surface area contributed by atoms with E-state index in [9.17, 15) is 13.0 Å². The van der Waals surface area contributed by atoms with Gasteiger partial charge in [-0.15, -0.1) is 12.6 Å². The fraction of sp³-hybridized carbons (Fsp3) is 0.510.